The lowest BCUT2D eigenvalue weighted by Crippen LogP contribution is -2.21. The SMILES string of the molecule is CC(=O)c1ccc(C(O)C2CCOCC2)cc1. The van der Waals surface area contributed by atoms with Crippen LogP contribution >= 0.6 is 0 Å². The number of rotatable bonds is 3. The van der Waals surface area contributed by atoms with Gasteiger partial charge in [-0.1, -0.05) is 24.3 Å². The molecule has 0 aliphatic carbocycles. The van der Waals surface area contributed by atoms with Crippen molar-refractivity contribution in [1.29, 1.82) is 0 Å². The number of carbonyl (C=O) groups is 1. The summed E-state index contributed by atoms with van der Waals surface area (Å²) in [7, 11) is 0. The molecule has 0 radical (unpaired) electrons. The largest absolute Gasteiger partial charge is 0.388 e. The predicted octanol–water partition coefficient (Wildman–Crippen LogP) is 2.35. The zero-order valence-corrected chi connectivity index (χ0v) is 10.1. The molecule has 1 aliphatic rings. The first kappa shape index (κ1) is 12.3. The van der Waals surface area contributed by atoms with Crippen molar-refractivity contribution in [2.45, 2.75) is 25.9 Å². The van der Waals surface area contributed by atoms with Crippen LogP contribution in [0.2, 0.25) is 0 Å². The van der Waals surface area contributed by atoms with Gasteiger partial charge in [-0.15, -0.1) is 0 Å². The normalized spacial score (nSPS) is 18.9. The summed E-state index contributed by atoms with van der Waals surface area (Å²) in [4.78, 5) is 11.1. The summed E-state index contributed by atoms with van der Waals surface area (Å²) in [5.41, 5.74) is 1.58. The fraction of sp³-hybridized carbons (Fsp3) is 0.500. The second-order valence-electron chi connectivity index (χ2n) is 4.57. The van der Waals surface area contributed by atoms with Gasteiger partial charge in [-0.2, -0.15) is 0 Å². The van der Waals surface area contributed by atoms with E-state index >= 15 is 0 Å². The topological polar surface area (TPSA) is 46.5 Å². The summed E-state index contributed by atoms with van der Waals surface area (Å²) >= 11 is 0. The van der Waals surface area contributed by atoms with Crippen LogP contribution in [0.4, 0.5) is 0 Å². The van der Waals surface area contributed by atoms with Crippen LogP contribution in [0, 0.1) is 5.92 Å². The fourth-order valence-electron chi connectivity index (χ4n) is 2.22. The Kier molecular flexibility index (Phi) is 3.92. The molecule has 3 heteroatoms. The molecule has 3 nitrogen and oxygen atoms in total. The Balaban J connectivity index is 2.07. The van der Waals surface area contributed by atoms with Crippen LogP contribution in [-0.4, -0.2) is 24.1 Å². The Morgan fingerprint density at radius 2 is 1.88 bits per heavy atom. The molecule has 0 saturated carbocycles. The smallest absolute Gasteiger partial charge is 0.159 e. The summed E-state index contributed by atoms with van der Waals surface area (Å²) < 4.78 is 5.28. The first-order chi connectivity index (χ1) is 8.18. The molecular formula is C14H18O3. The molecule has 1 fully saturated rings. The van der Waals surface area contributed by atoms with Gasteiger partial charge in [0.2, 0.25) is 0 Å². The van der Waals surface area contributed by atoms with E-state index in [0.717, 1.165) is 31.6 Å². The number of carbonyl (C=O) groups excluding carboxylic acids is 1. The third kappa shape index (κ3) is 2.93. The van der Waals surface area contributed by atoms with Crippen LogP contribution in [-0.2, 0) is 4.74 Å². The molecule has 1 unspecified atom stereocenters. The maximum Gasteiger partial charge on any atom is 0.159 e. The van der Waals surface area contributed by atoms with Crippen molar-refractivity contribution in [2.24, 2.45) is 5.92 Å². The molecule has 1 saturated heterocycles. The van der Waals surface area contributed by atoms with Gasteiger partial charge in [0, 0.05) is 18.8 Å². The van der Waals surface area contributed by atoms with Gasteiger partial charge in [-0.25, -0.2) is 0 Å². The Morgan fingerprint density at radius 1 is 1.29 bits per heavy atom. The van der Waals surface area contributed by atoms with Crippen molar-refractivity contribution in [3.05, 3.63) is 35.4 Å². The molecule has 1 atom stereocenters. The van der Waals surface area contributed by atoms with Gasteiger partial charge in [-0.05, 0) is 31.2 Å². The highest BCUT2D eigenvalue weighted by Gasteiger charge is 2.23. The van der Waals surface area contributed by atoms with Crippen molar-refractivity contribution in [2.75, 3.05) is 13.2 Å². The number of benzene rings is 1. The van der Waals surface area contributed by atoms with E-state index in [4.69, 9.17) is 4.74 Å². The van der Waals surface area contributed by atoms with Crippen LogP contribution in [0.25, 0.3) is 0 Å². The Morgan fingerprint density at radius 3 is 2.41 bits per heavy atom. The van der Waals surface area contributed by atoms with Crippen LogP contribution < -0.4 is 0 Å². The number of ketones is 1. The van der Waals surface area contributed by atoms with E-state index in [1.54, 1.807) is 19.1 Å². The summed E-state index contributed by atoms with van der Waals surface area (Å²) in [5, 5.41) is 10.2. The van der Waals surface area contributed by atoms with E-state index in [9.17, 15) is 9.90 Å². The van der Waals surface area contributed by atoms with Gasteiger partial charge in [0.15, 0.2) is 5.78 Å². The molecule has 1 aliphatic heterocycles. The summed E-state index contributed by atoms with van der Waals surface area (Å²) in [6.45, 7) is 3.00. The molecule has 2 rings (SSSR count). The van der Waals surface area contributed by atoms with Gasteiger partial charge in [-0.3, -0.25) is 4.79 Å². The van der Waals surface area contributed by atoms with E-state index < -0.39 is 6.10 Å². The highest BCUT2D eigenvalue weighted by atomic mass is 16.5. The average Bonchev–Trinajstić information content (AvgIpc) is 2.39. The Hall–Kier alpha value is -1.19. The molecule has 0 spiro atoms. The summed E-state index contributed by atoms with van der Waals surface area (Å²) in [6.07, 6.45) is 1.35. The number of Topliss-reactive ketones (excluding diaryl/α,β-unsaturated/α-hetero) is 1. The minimum Gasteiger partial charge on any atom is -0.388 e. The molecule has 0 aromatic heterocycles. The van der Waals surface area contributed by atoms with E-state index in [-0.39, 0.29) is 11.7 Å². The fourth-order valence-corrected chi connectivity index (χ4v) is 2.22. The van der Waals surface area contributed by atoms with Crippen molar-refractivity contribution in [3.63, 3.8) is 0 Å². The third-order valence-electron chi connectivity index (χ3n) is 3.37. The quantitative estimate of drug-likeness (QED) is 0.817. The van der Waals surface area contributed by atoms with Crippen molar-refractivity contribution in [1.82, 2.24) is 0 Å². The molecule has 1 aromatic carbocycles. The first-order valence-corrected chi connectivity index (χ1v) is 6.05. The van der Waals surface area contributed by atoms with Gasteiger partial charge < -0.3 is 9.84 Å². The first-order valence-electron chi connectivity index (χ1n) is 6.05. The zero-order chi connectivity index (χ0) is 12.3. The highest BCUT2D eigenvalue weighted by Crippen LogP contribution is 2.29. The zero-order valence-electron chi connectivity index (χ0n) is 10.1. The Bertz CT molecular complexity index is 377. The lowest BCUT2D eigenvalue weighted by molar-refractivity contribution is 0.00718. The second-order valence-corrected chi connectivity index (χ2v) is 4.57. The molecule has 0 amide bonds. The predicted molar refractivity (Wildman–Crippen MR) is 64.9 cm³/mol. The Labute approximate surface area is 101 Å². The van der Waals surface area contributed by atoms with Gasteiger partial charge in [0.05, 0.1) is 6.10 Å². The molecular weight excluding hydrogens is 216 g/mol. The van der Waals surface area contributed by atoms with Crippen molar-refractivity contribution < 1.29 is 14.6 Å². The van der Waals surface area contributed by atoms with Gasteiger partial charge >= 0.3 is 0 Å². The number of aliphatic hydroxyl groups is 1. The van der Waals surface area contributed by atoms with Crippen LogP contribution in [0.3, 0.4) is 0 Å². The highest BCUT2D eigenvalue weighted by molar-refractivity contribution is 5.94. The maximum atomic E-state index is 11.1. The molecule has 1 heterocycles. The lowest BCUT2D eigenvalue weighted by atomic mass is 9.89. The standard InChI is InChI=1S/C14H18O3/c1-10(15)11-2-4-12(5-3-11)14(16)13-6-8-17-9-7-13/h2-5,13-14,16H,6-9H2,1H3. The molecule has 0 bridgehead atoms. The van der Waals surface area contributed by atoms with E-state index in [1.807, 2.05) is 12.1 Å². The van der Waals surface area contributed by atoms with E-state index in [2.05, 4.69) is 0 Å². The number of hydrogen-bond acceptors (Lipinski definition) is 3. The third-order valence-corrected chi connectivity index (χ3v) is 3.37. The monoisotopic (exact) mass is 234 g/mol. The minimum atomic E-state index is -0.445. The van der Waals surface area contributed by atoms with Gasteiger partial charge in [0.25, 0.3) is 0 Å². The summed E-state index contributed by atoms with van der Waals surface area (Å²) in [6, 6.07) is 7.24. The number of ether oxygens (including phenoxy) is 1. The second kappa shape index (κ2) is 5.43. The van der Waals surface area contributed by atoms with Crippen molar-refractivity contribution >= 4 is 5.78 Å². The van der Waals surface area contributed by atoms with Crippen molar-refractivity contribution in [3.8, 4) is 0 Å². The number of hydrogen-bond donors (Lipinski definition) is 1. The molecule has 1 aromatic rings. The average molecular weight is 234 g/mol. The van der Waals surface area contributed by atoms with Crippen LogP contribution in [0.1, 0.15) is 41.8 Å². The van der Waals surface area contributed by atoms with Gasteiger partial charge in [0.1, 0.15) is 0 Å². The van der Waals surface area contributed by atoms with Crippen LogP contribution in [0.15, 0.2) is 24.3 Å². The maximum absolute atomic E-state index is 11.1. The van der Waals surface area contributed by atoms with E-state index in [1.165, 1.54) is 0 Å². The van der Waals surface area contributed by atoms with E-state index in [0.29, 0.717) is 5.56 Å². The van der Waals surface area contributed by atoms with Crippen LogP contribution in [0.5, 0.6) is 0 Å². The molecule has 1 N–H and O–H groups in total. The lowest BCUT2D eigenvalue weighted by Gasteiger charge is -2.27. The molecule has 92 valence electrons. The number of aliphatic hydroxyl groups excluding tert-OH is 1. The summed E-state index contributed by atoms with van der Waals surface area (Å²) in [5.74, 6) is 0.323. The minimum absolute atomic E-state index is 0.0529. The molecule has 17 heavy (non-hydrogen) atoms.